The minimum atomic E-state index is -2.74. The van der Waals surface area contributed by atoms with Gasteiger partial charge in [-0.2, -0.15) is 5.10 Å². The number of carboxylic acid groups (broad SMARTS) is 3. The number of benzene rings is 2. The number of carboxylic acids is 3. The molecule has 226 valence electrons. The van der Waals surface area contributed by atoms with E-state index in [4.69, 9.17) is 29.9 Å². The predicted molar refractivity (Wildman–Crippen MR) is 148 cm³/mol. The maximum Gasteiger partial charge on any atom is 0.336 e. The van der Waals surface area contributed by atoms with E-state index in [1.165, 1.54) is 16.7 Å². The highest BCUT2D eigenvalue weighted by Gasteiger charge is 2.40. The molecule has 0 saturated heterocycles. The number of fused-ring (bicyclic) bond motifs is 1. The summed E-state index contributed by atoms with van der Waals surface area (Å²) in [6.45, 7) is 8.29. The number of rotatable bonds is 12. The van der Waals surface area contributed by atoms with Gasteiger partial charge in [-0.15, -0.1) is 0 Å². The minimum Gasteiger partial charge on any atom is -0.481 e. The summed E-state index contributed by atoms with van der Waals surface area (Å²) in [6.07, 6.45) is 1.05. The number of hydrogen-bond donors (Lipinski definition) is 5. The molecule has 0 radical (unpaired) electrons. The zero-order valence-electron chi connectivity index (χ0n) is 23.6. The van der Waals surface area contributed by atoms with Gasteiger partial charge in [0.15, 0.2) is 17.1 Å². The van der Waals surface area contributed by atoms with Crippen LogP contribution in [0.5, 0.6) is 11.5 Å². The number of aliphatic carboxylic acids is 3. The number of aliphatic hydroxyl groups is 2. The summed E-state index contributed by atoms with van der Waals surface area (Å²) in [4.78, 5) is 32.7. The molecule has 0 spiro atoms. The van der Waals surface area contributed by atoms with Crippen molar-refractivity contribution in [3.05, 3.63) is 71.0 Å². The Morgan fingerprint density at radius 3 is 2.26 bits per heavy atom. The number of aliphatic hydroxyl groups excluding tert-OH is 1. The molecule has 0 fully saturated rings. The van der Waals surface area contributed by atoms with Crippen molar-refractivity contribution in [2.45, 2.75) is 58.4 Å². The summed E-state index contributed by atoms with van der Waals surface area (Å²) in [6, 6.07) is 12.3. The van der Waals surface area contributed by atoms with Crippen molar-refractivity contribution < 1.29 is 49.4 Å². The topological polar surface area (TPSA) is 192 Å². The molecule has 1 aromatic heterocycles. The smallest absolute Gasteiger partial charge is 0.336 e. The lowest BCUT2D eigenvalue weighted by Gasteiger charge is -2.26. The minimum absolute atomic E-state index is 0.270. The third kappa shape index (κ3) is 8.77. The molecule has 13 heteroatoms. The van der Waals surface area contributed by atoms with Gasteiger partial charge in [0.25, 0.3) is 0 Å². The van der Waals surface area contributed by atoms with Crippen molar-refractivity contribution in [2.24, 2.45) is 0 Å². The van der Waals surface area contributed by atoms with E-state index in [0.29, 0.717) is 19.6 Å². The van der Waals surface area contributed by atoms with Crippen LogP contribution in [-0.2, 0) is 27.5 Å². The fourth-order valence-electron chi connectivity index (χ4n) is 4.71. The van der Waals surface area contributed by atoms with Crippen LogP contribution in [0.15, 0.2) is 48.8 Å². The Morgan fingerprint density at radius 1 is 1.02 bits per heavy atom. The Bertz CT molecular complexity index is 1390. The molecule has 0 aliphatic carbocycles. The predicted octanol–water partition coefficient (Wildman–Crippen LogP) is 2.35. The van der Waals surface area contributed by atoms with Crippen LogP contribution in [0.1, 0.15) is 42.0 Å². The second-order valence-corrected chi connectivity index (χ2v) is 10.2. The maximum atomic E-state index is 10.3. The lowest BCUT2D eigenvalue weighted by molar-refractivity contribution is -0.170. The SMILES string of the molecule is Cc1cc(C)c(-n2cccn2)c(CN(Cc2ccc3c(c2)OCO3)CC(C)O)c1.O=C(O)CC(O)(CC(=O)O)C(=O)O. The molecule has 0 amide bonds. The van der Waals surface area contributed by atoms with Crippen molar-refractivity contribution in [1.29, 1.82) is 0 Å². The van der Waals surface area contributed by atoms with Crippen molar-refractivity contribution in [3.8, 4) is 17.2 Å². The van der Waals surface area contributed by atoms with Crippen LogP contribution in [-0.4, -0.2) is 83.2 Å². The van der Waals surface area contributed by atoms with E-state index < -0.39 is 42.5 Å². The molecule has 1 atom stereocenters. The standard InChI is InChI=1S/C23H27N3O3.C6H8O7/c1-16-9-17(2)23(26-8-4-7-24-26)20(10-16)14-25(12-18(3)27)13-19-5-6-21-22(11-19)29-15-28-21;7-3(8)1-6(13,5(11)12)2-4(9)10/h4-11,18,27H,12-15H2,1-3H3;13H,1-2H2,(H,7,8)(H,9,10)(H,11,12). The molecule has 0 bridgehead atoms. The van der Waals surface area contributed by atoms with E-state index in [9.17, 15) is 19.5 Å². The Morgan fingerprint density at radius 2 is 1.69 bits per heavy atom. The van der Waals surface area contributed by atoms with Crippen LogP contribution in [0, 0.1) is 13.8 Å². The monoisotopic (exact) mass is 585 g/mol. The highest BCUT2D eigenvalue weighted by Crippen LogP contribution is 2.33. The first-order valence-corrected chi connectivity index (χ1v) is 13.1. The Balaban J connectivity index is 0.000000316. The largest absolute Gasteiger partial charge is 0.481 e. The number of aromatic nitrogens is 2. The van der Waals surface area contributed by atoms with Crippen LogP contribution in [0.4, 0.5) is 0 Å². The van der Waals surface area contributed by atoms with E-state index in [-0.39, 0.29) is 6.79 Å². The van der Waals surface area contributed by atoms with E-state index >= 15 is 0 Å². The summed E-state index contributed by atoms with van der Waals surface area (Å²) >= 11 is 0. The molecule has 2 heterocycles. The summed E-state index contributed by atoms with van der Waals surface area (Å²) in [7, 11) is 0. The molecule has 0 saturated carbocycles. The van der Waals surface area contributed by atoms with Crippen LogP contribution in [0.25, 0.3) is 5.69 Å². The molecular formula is C29H35N3O10. The first-order valence-electron chi connectivity index (χ1n) is 13.1. The van der Waals surface area contributed by atoms with Crippen molar-refractivity contribution >= 4 is 17.9 Å². The summed E-state index contributed by atoms with van der Waals surface area (Å²) in [5.74, 6) is -3.45. The Labute approximate surface area is 242 Å². The van der Waals surface area contributed by atoms with Gasteiger partial charge in [-0.1, -0.05) is 23.8 Å². The summed E-state index contributed by atoms with van der Waals surface area (Å²) in [5, 5.41) is 48.4. The molecule has 5 N–H and O–H groups in total. The zero-order valence-corrected chi connectivity index (χ0v) is 23.6. The molecule has 3 aromatic rings. The van der Waals surface area contributed by atoms with Gasteiger partial charge < -0.3 is 35.0 Å². The first-order chi connectivity index (χ1) is 19.8. The Kier molecular flexibility index (Phi) is 10.6. The number of carbonyl (C=O) groups is 3. The van der Waals surface area contributed by atoms with Crippen molar-refractivity contribution in [2.75, 3.05) is 13.3 Å². The number of ether oxygens (including phenoxy) is 2. The van der Waals surface area contributed by atoms with Crippen LogP contribution in [0.2, 0.25) is 0 Å². The quantitative estimate of drug-likeness (QED) is 0.209. The Hall–Kier alpha value is -4.46. The van der Waals surface area contributed by atoms with Gasteiger partial charge in [0.1, 0.15) is 0 Å². The van der Waals surface area contributed by atoms with Crippen LogP contribution < -0.4 is 9.47 Å². The van der Waals surface area contributed by atoms with Gasteiger partial charge >= 0.3 is 17.9 Å². The third-order valence-electron chi connectivity index (χ3n) is 6.30. The second-order valence-electron chi connectivity index (χ2n) is 10.2. The molecule has 1 aliphatic rings. The van der Waals surface area contributed by atoms with Gasteiger partial charge in [-0.25, -0.2) is 9.48 Å². The van der Waals surface area contributed by atoms with Gasteiger partial charge in [0.2, 0.25) is 6.79 Å². The third-order valence-corrected chi connectivity index (χ3v) is 6.30. The second kappa shape index (κ2) is 13.9. The maximum absolute atomic E-state index is 10.3. The fraction of sp³-hybridized carbons (Fsp3) is 0.379. The average molecular weight is 586 g/mol. The van der Waals surface area contributed by atoms with E-state index in [2.05, 4.69) is 42.0 Å². The molecule has 42 heavy (non-hydrogen) atoms. The molecule has 1 unspecified atom stereocenters. The number of nitrogens with zero attached hydrogens (tertiary/aromatic N) is 3. The highest BCUT2D eigenvalue weighted by molar-refractivity contribution is 5.88. The fourth-order valence-corrected chi connectivity index (χ4v) is 4.71. The van der Waals surface area contributed by atoms with Crippen LogP contribution >= 0.6 is 0 Å². The summed E-state index contributed by atoms with van der Waals surface area (Å²) in [5.41, 5.74) is 3.07. The molecular weight excluding hydrogens is 550 g/mol. The van der Waals surface area contributed by atoms with Gasteiger partial charge in [-0.3, -0.25) is 14.5 Å². The molecule has 13 nitrogen and oxygen atoms in total. The van der Waals surface area contributed by atoms with Crippen LogP contribution in [0.3, 0.4) is 0 Å². The number of hydrogen-bond acceptors (Lipinski definition) is 9. The van der Waals surface area contributed by atoms with Crippen molar-refractivity contribution in [3.63, 3.8) is 0 Å². The zero-order chi connectivity index (χ0) is 31.0. The number of aryl methyl sites for hydroxylation is 2. The lowest BCUT2D eigenvalue weighted by atomic mass is 9.96. The normalized spacial score (nSPS) is 12.9. The van der Waals surface area contributed by atoms with Crippen molar-refractivity contribution in [1.82, 2.24) is 14.7 Å². The lowest BCUT2D eigenvalue weighted by Crippen LogP contribution is -2.42. The highest BCUT2D eigenvalue weighted by atomic mass is 16.7. The van der Waals surface area contributed by atoms with E-state index in [0.717, 1.165) is 22.7 Å². The van der Waals surface area contributed by atoms with Gasteiger partial charge in [-0.05, 0) is 55.7 Å². The summed E-state index contributed by atoms with van der Waals surface area (Å²) < 4.78 is 12.9. The molecule has 4 rings (SSSR count). The molecule has 1 aliphatic heterocycles. The van der Waals surface area contributed by atoms with Gasteiger partial charge in [0, 0.05) is 32.0 Å². The molecule has 2 aromatic carbocycles. The van der Waals surface area contributed by atoms with E-state index in [1.54, 1.807) is 6.20 Å². The van der Waals surface area contributed by atoms with Gasteiger partial charge in [0.05, 0.1) is 24.6 Å². The van der Waals surface area contributed by atoms with E-state index in [1.807, 2.05) is 36.0 Å². The first kappa shape index (κ1) is 32.1. The average Bonchev–Trinajstić information content (AvgIpc) is 3.54.